The lowest BCUT2D eigenvalue weighted by Gasteiger charge is -2.41. The average molecular weight is 264 g/mol. The van der Waals surface area contributed by atoms with E-state index in [0.29, 0.717) is 17.4 Å². The third kappa shape index (κ3) is 4.08. The summed E-state index contributed by atoms with van der Waals surface area (Å²) < 4.78 is 5.45. The SMILES string of the molecule is CCN(Cc1ccco1)CC1CC(C)(C)CCC1N. The Labute approximate surface area is 117 Å². The highest BCUT2D eigenvalue weighted by Gasteiger charge is 2.33. The number of hydrogen-bond acceptors (Lipinski definition) is 3. The molecule has 0 spiro atoms. The van der Waals surface area contributed by atoms with Gasteiger partial charge in [-0.1, -0.05) is 20.8 Å². The maximum Gasteiger partial charge on any atom is 0.117 e. The Morgan fingerprint density at radius 3 is 2.89 bits per heavy atom. The summed E-state index contributed by atoms with van der Waals surface area (Å²) in [6.07, 6.45) is 5.41. The Hall–Kier alpha value is -0.800. The summed E-state index contributed by atoms with van der Waals surface area (Å²) in [6, 6.07) is 4.37. The van der Waals surface area contributed by atoms with Crippen LogP contribution in [0.5, 0.6) is 0 Å². The molecule has 1 heterocycles. The van der Waals surface area contributed by atoms with Crippen molar-refractivity contribution in [2.75, 3.05) is 13.1 Å². The zero-order valence-corrected chi connectivity index (χ0v) is 12.6. The van der Waals surface area contributed by atoms with E-state index in [9.17, 15) is 0 Å². The van der Waals surface area contributed by atoms with Gasteiger partial charge in [-0.15, -0.1) is 0 Å². The third-order valence-corrected chi connectivity index (χ3v) is 4.47. The molecular formula is C16H28N2O. The molecule has 0 aromatic carbocycles. The summed E-state index contributed by atoms with van der Waals surface area (Å²) in [5.41, 5.74) is 6.78. The Morgan fingerprint density at radius 2 is 2.26 bits per heavy atom. The molecule has 3 heteroatoms. The summed E-state index contributed by atoms with van der Waals surface area (Å²) in [4.78, 5) is 2.45. The number of rotatable bonds is 5. The van der Waals surface area contributed by atoms with Crippen molar-refractivity contribution in [1.29, 1.82) is 0 Å². The zero-order chi connectivity index (χ0) is 13.9. The van der Waals surface area contributed by atoms with Crippen LogP contribution in [0.2, 0.25) is 0 Å². The number of furan rings is 1. The highest BCUT2D eigenvalue weighted by Crippen LogP contribution is 2.38. The van der Waals surface area contributed by atoms with Gasteiger partial charge in [0.2, 0.25) is 0 Å². The van der Waals surface area contributed by atoms with Crippen molar-refractivity contribution in [2.24, 2.45) is 17.1 Å². The van der Waals surface area contributed by atoms with E-state index in [-0.39, 0.29) is 0 Å². The van der Waals surface area contributed by atoms with Crippen LogP contribution >= 0.6 is 0 Å². The van der Waals surface area contributed by atoms with Gasteiger partial charge in [-0.3, -0.25) is 4.90 Å². The highest BCUT2D eigenvalue weighted by molar-refractivity contribution is 4.98. The number of nitrogens with two attached hydrogens (primary N) is 1. The fraction of sp³-hybridized carbons (Fsp3) is 0.750. The van der Waals surface area contributed by atoms with Crippen LogP contribution in [0.25, 0.3) is 0 Å². The lowest BCUT2D eigenvalue weighted by molar-refractivity contribution is 0.111. The van der Waals surface area contributed by atoms with E-state index in [1.807, 2.05) is 12.1 Å². The molecule has 1 fully saturated rings. The van der Waals surface area contributed by atoms with Gasteiger partial charge in [0.25, 0.3) is 0 Å². The second-order valence-corrected chi connectivity index (χ2v) is 6.74. The van der Waals surface area contributed by atoms with Crippen molar-refractivity contribution in [2.45, 2.75) is 52.6 Å². The monoisotopic (exact) mass is 264 g/mol. The predicted octanol–water partition coefficient (Wildman–Crippen LogP) is 3.26. The molecule has 2 atom stereocenters. The van der Waals surface area contributed by atoms with Crippen molar-refractivity contribution in [3.8, 4) is 0 Å². The van der Waals surface area contributed by atoms with Gasteiger partial charge in [0, 0.05) is 12.6 Å². The highest BCUT2D eigenvalue weighted by atomic mass is 16.3. The van der Waals surface area contributed by atoms with Gasteiger partial charge in [-0.25, -0.2) is 0 Å². The van der Waals surface area contributed by atoms with Gasteiger partial charge in [-0.2, -0.15) is 0 Å². The first-order valence-corrected chi connectivity index (χ1v) is 7.50. The molecule has 1 saturated carbocycles. The zero-order valence-electron chi connectivity index (χ0n) is 12.6. The fourth-order valence-electron chi connectivity index (χ4n) is 3.22. The molecule has 1 aliphatic carbocycles. The Bertz CT molecular complexity index is 372. The van der Waals surface area contributed by atoms with Crippen molar-refractivity contribution >= 4 is 0 Å². The molecule has 0 radical (unpaired) electrons. The van der Waals surface area contributed by atoms with Gasteiger partial charge < -0.3 is 10.2 Å². The lowest BCUT2D eigenvalue weighted by atomic mass is 9.70. The maximum atomic E-state index is 6.33. The van der Waals surface area contributed by atoms with Crippen molar-refractivity contribution in [3.63, 3.8) is 0 Å². The standard InChI is InChI=1S/C16H28N2O/c1-4-18(12-14-6-5-9-19-14)11-13-10-16(2,3)8-7-15(13)17/h5-6,9,13,15H,4,7-8,10-12,17H2,1-3H3. The first kappa shape index (κ1) is 14.6. The van der Waals surface area contributed by atoms with Gasteiger partial charge in [0.05, 0.1) is 12.8 Å². The maximum absolute atomic E-state index is 6.33. The predicted molar refractivity (Wildman–Crippen MR) is 78.8 cm³/mol. The third-order valence-electron chi connectivity index (χ3n) is 4.47. The topological polar surface area (TPSA) is 42.4 Å². The van der Waals surface area contributed by atoms with Gasteiger partial charge in [0.1, 0.15) is 5.76 Å². The number of nitrogens with zero attached hydrogens (tertiary/aromatic N) is 1. The Balaban J connectivity index is 1.93. The van der Waals surface area contributed by atoms with Crippen molar-refractivity contribution in [1.82, 2.24) is 4.90 Å². The summed E-state index contributed by atoms with van der Waals surface area (Å²) in [5, 5.41) is 0. The summed E-state index contributed by atoms with van der Waals surface area (Å²) in [7, 11) is 0. The molecule has 0 amide bonds. The summed E-state index contributed by atoms with van der Waals surface area (Å²) in [5.74, 6) is 1.66. The van der Waals surface area contributed by atoms with Gasteiger partial charge >= 0.3 is 0 Å². The van der Waals surface area contributed by atoms with E-state index in [1.165, 1.54) is 12.8 Å². The molecule has 2 rings (SSSR count). The molecule has 2 N–H and O–H groups in total. The van der Waals surface area contributed by atoms with Gasteiger partial charge in [0.15, 0.2) is 0 Å². The quantitative estimate of drug-likeness (QED) is 0.887. The molecule has 1 aromatic heterocycles. The first-order chi connectivity index (χ1) is 9.00. The first-order valence-electron chi connectivity index (χ1n) is 7.50. The van der Waals surface area contributed by atoms with Crippen molar-refractivity contribution < 1.29 is 4.42 Å². The smallest absolute Gasteiger partial charge is 0.117 e. The van der Waals surface area contributed by atoms with Crippen LogP contribution in [0.4, 0.5) is 0 Å². The minimum absolute atomic E-state index is 0.360. The largest absolute Gasteiger partial charge is 0.468 e. The lowest BCUT2D eigenvalue weighted by Crippen LogP contribution is -2.44. The van der Waals surface area contributed by atoms with E-state index in [2.05, 4.69) is 25.7 Å². The Morgan fingerprint density at radius 1 is 1.47 bits per heavy atom. The molecule has 1 aliphatic rings. The van der Waals surface area contributed by atoms with Gasteiger partial charge in [-0.05, 0) is 49.3 Å². The molecule has 19 heavy (non-hydrogen) atoms. The van der Waals surface area contributed by atoms with E-state index >= 15 is 0 Å². The summed E-state index contributed by atoms with van der Waals surface area (Å²) in [6.45, 7) is 9.98. The molecule has 1 aromatic rings. The van der Waals surface area contributed by atoms with E-state index < -0.39 is 0 Å². The van der Waals surface area contributed by atoms with Crippen LogP contribution in [0.15, 0.2) is 22.8 Å². The van der Waals surface area contributed by atoms with Crippen LogP contribution < -0.4 is 5.73 Å². The second kappa shape index (κ2) is 6.10. The Kier molecular flexibility index (Phi) is 4.69. The van der Waals surface area contributed by atoms with E-state index in [0.717, 1.165) is 31.8 Å². The van der Waals surface area contributed by atoms with Crippen molar-refractivity contribution in [3.05, 3.63) is 24.2 Å². The minimum atomic E-state index is 0.360. The number of hydrogen-bond donors (Lipinski definition) is 1. The summed E-state index contributed by atoms with van der Waals surface area (Å²) >= 11 is 0. The fourth-order valence-corrected chi connectivity index (χ4v) is 3.22. The molecular weight excluding hydrogens is 236 g/mol. The molecule has 108 valence electrons. The van der Waals surface area contributed by atoms with E-state index in [4.69, 9.17) is 10.2 Å². The van der Waals surface area contributed by atoms with Crippen LogP contribution in [-0.2, 0) is 6.54 Å². The molecule has 0 aliphatic heterocycles. The molecule has 2 unspecified atom stereocenters. The van der Waals surface area contributed by atoms with Crippen LogP contribution in [-0.4, -0.2) is 24.0 Å². The normalized spacial score (nSPS) is 26.8. The van der Waals surface area contributed by atoms with Crippen LogP contribution in [0.3, 0.4) is 0 Å². The molecule has 3 nitrogen and oxygen atoms in total. The average Bonchev–Trinajstić information content (AvgIpc) is 2.85. The van der Waals surface area contributed by atoms with E-state index in [1.54, 1.807) is 6.26 Å². The van der Waals surface area contributed by atoms with Crippen LogP contribution in [0, 0.1) is 11.3 Å². The second-order valence-electron chi connectivity index (χ2n) is 6.74. The minimum Gasteiger partial charge on any atom is -0.468 e. The molecule has 0 bridgehead atoms. The van der Waals surface area contributed by atoms with Crippen LogP contribution in [0.1, 0.15) is 45.8 Å². The molecule has 0 saturated heterocycles.